The van der Waals surface area contributed by atoms with Crippen LogP contribution in [0.2, 0.25) is 0 Å². The molecule has 2 rings (SSSR count). The van der Waals surface area contributed by atoms with Crippen LogP contribution in [0.5, 0.6) is 5.75 Å². The number of nitrogens with zero attached hydrogens (tertiary/aromatic N) is 1. The van der Waals surface area contributed by atoms with Crippen LogP contribution in [0.4, 0.5) is 4.79 Å². The molecule has 1 aromatic carbocycles. The first-order valence-electron chi connectivity index (χ1n) is 7.53. The molecule has 1 aromatic rings. The molecule has 1 amide bonds. The summed E-state index contributed by atoms with van der Waals surface area (Å²) in [5.74, 6) is 0.774. The van der Waals surface area contributed by atoms with E-state index in [-0.39, 0.29) is 12.1 Å². The van der Waals surface area contributed by atoms with Gasteiger partial charge in [0.2, 0.25) is 0 Å². The second kappa shape index (κ2) is 6.16. The molecule has 5 heteroatoms. The Hall–Kier alpha value is -1.75. The van der Waals surface area contributed by atoms with E-state index in [9.17, 15) is 4.79 Å². The molecule has 0 bridgehead atoms. The zero-order chi connectivity index (χ0) is 16.4. The zero-order valence-electron chi connectivity index (χ0n) is 14.0. The van der Waals surface area contributed by atoms with Crippen LogP contribution in [0.15, 0.2) is 30.3 Å². The van der Waals surface area contributed by atoms with Crippen LogP contribution < -0.4 is 4.74 Å². The number of ether oxygens (including phenoxy) is 3. The van der Waals surface area contributed by atoms with Crippen molar-refractivity contribution in [1.29, 1.82) is 0 Å². The third-order valence-corrected chi connectivity index (χ3v) is 3.35. The molecule has 1 aliphatic heterocycles. The summed E-state index contributed by atoms with van der Waals surface area (Å²) in [5.41, 5.74) is -1.24. The Kier molecular flexibility index (Phi) is 4.66. The highest BCUT2D eigenvalue weighted by molar-refractivity contribution is 5.69. The summed E-state index contributed by atoms with van der Waals surface area (Å²) >= 11 is 0. The average Bonchev–Trinajstić information content (AvgIpc) is 2.71. The Morgan fingerprint density at radius 2 is 1.95 bits per heavy atom. The highest BCUT2D eigenvalue weighted by Crippen LogP contribution is 2.29. The van der Waals surface area contributed by atoms with Crippen molar-refractivity contribution in [1.82, 2.24) is 4.90 Å². The minimum atomic E-state index is -0.701. The second-order valence-electron chi connectivity index (χ2n) is 6.89. The van der Waals surface area contributed by atoms with Crippen LogP contribution in [0, 0.1) is 0 Å². The van der Waals surface area contributed by atoms with Gasteiger partial charge in [0.1, 0.15) is 23.7 Å². The Labute approximate surface area is 132 Å². The van der Waals surface area contributed by atoms with Crippen molar-refractivity contribution in [2.75, 3.05) is 13.2 Å². The molecule has 0 saturated carbocycles. The van der Waals surface area contributed by atoms with Crippen LogP contribution >= 0.6 is 0 Å². The lowest BCUT2D eigenvalue weighted by atomic mass is 10.2. The Balaban J connectivity index is 2.04. The van der Waals surface area contributed by atoms with Crippen molar-refractivity contribution in [3.8, 4) is 5.75 Å². The summed E-state index contributed by atoms with van der Waals surface area (Å²) in [4.78, 5) is 14.1. The highest BCUT2D eigenvalue weighted by atomic mass is 16.6. The number of rotatable bonds is 3. The normalized spacial score (nSPS) is 20.8. The van der Waals surface area contributed by atoms with Gasteiger partial charge in [-0.2, -0.15) is 0 Å². The fraction of sp³-hybridized carbons (Fsp3) is 0.588. The number of para-hydroxylation sites is 1. The summed E-state index contributed by atoms with van der Waals surface area (Å²) in [5, 5.41) is 0. The number of hydrogen-bond donors (Lipinski definition) is 0. The quantitative estimate of drug-likeness (QED) is 0.858. The molecule has 0 aliphatic carbocycles. The number of hydrogen-bond acceptors (Lipinski definition) is 4. The topological polar surface area (TPSA) is 48.0 Å². The van der Waals surface area contributed by atoms with E-state index in [1.54, 1.807) is 4.90 Å². The first-order valence-corrected chi connectivity index (χ1v) is 7.53. The number of amides is 1. The number of benzene rings is 1. The van der Waals surface area contributed by atoms with E-state index in [4.69, 9.17) is 14.2 Å². The van der Waals surface area contributed by atoms with Crippen LogP contribution in [0.1, 0.15) is 34.6 Å². The molecule has 0 aromatic heterocycles. The third kappa shape index (κ3) is 4.13. The summed E-state index contributed by atoms with van der Waals surface area (Å²) in [7, 11) is 0. The maximum Gasteiger partial charge on any atom is 0.413 e. The SMILES string of the molecule is CC(C)(C)OC(=O)N1[C@@H](COc2ccccc2)COC1(C)C. The zero-order valence-corrected chi connectivity index (χ0v) is 14.0. The van der Waals surface area contributed by atoms with Gasteiger partial charge in [-0.25, -0.2) is 4.79 Å². The minimum Gasteiger partial charge on any atom is -0.491 e. The van der Waals surface area contributed by atoms with E-state index in [0.717, 1.165) is 5.75 Å². The molecule has 22 heavy (non-hydrogen) atoms. The van der Waals surface area contributed by atoms with Gasteiger partial charge >= 0.3 is 6.09 Å². The predicted octanol–water partition coefficient (Wildman–Crippen LogP) is 3.44. The Bertz CT molecular complexity index is 507. The molecule has 5 nitrogen and oxygen atoms in total. The molecule has 0 spiro atoms. The van der Waals surface area contributed by atoms with Gasteiger partial charge < -0.3 is 14.2 Å². The fourth-order valence-corrected chi connectivity index (χ4v) is 2.40. The average molecular weight is 307 g/mol. The van der Waals surface area contributed by atoms with Gasteiger partial charge in [-0.3, -0.25) is 4.90 Å². The Morgan fingerprint density at radius 1 is 1.32 bits per heavy atom. The molecule has 0 N–H and O–H groups in total. The largest absolute Gasteiger partial charge is 0.491 e. The molecule has 0 unspecified atom stereocenters. The van der Waals surface area contributed by atoms with Crippen molar-refractivity contribution in [3.05, 3.63) is 30.3 Å². The summed E-state index contributed by atoms with van der Waals surface area (Å²) < 4.78 is 17.0. The minimum absolute atomic E-state index is 0.176. The van der Waals surface area contributed by atoms with E-state index < -0.39 is 11.3 Å². The third-order valence-electron chi connectivity index (χ3n) is 3.35. The smallest absolute Gasteiger partial charge is 0.413 e. The van der Waals surface area contributed by atoms with Crippen molar-refractivity contribution in [2.24, 2.45) is 0 Å². The van der Waals surface area contributed by atoms with Gasteiger partial charge in [-0.05, 0) is 46.8 Å². The lowest BCUT2D eigenvalue weighted by Gasteiger charge is -2.35. The summed E-state index contributed by atoms with van der Waals surface area (Å²) in [6.07, 6.45) is -0.378. The second-order valence-corrected chi connectivity index (χ2v) is 6.89. The maximum absolute atomic E-state index is 12.5. The van der Waals surface area contributed by atoms with E-state index in [2.05, 4.69) is 0 Å². The maximum atomic E-state index is 12.5. The predicted molar refractivity (Wildman–Crippen MR) is 83.8 cm³/mol. The van der Waals surface area contributed by atoms with Gasteiger partial charge in [0, 0.05) is 0 Å². The van der Waals surface area contributed by atoms with Gasteiger partial charge in [-0.1, -0.05) is 18.2 Å². The summed E-state index contributed by atoms with van der Waals surface area (Å²) in [6.45, 7) is 10.1. The molecule has 1 aliphatic rings. The van der Waals surface area contributed by atoms with Gasteiger partial charge in [0.25, 0.3) is 0 Å². The number of carbonyl (C=O) groups excluding carboxylic acids is 1. The van der Waals surface area contributed by atoms with Crippen molar-refractivity contribution in [3.63, 3.8) is 0 Å². The van der Waals surface area contributed by atoms with Crippen molar-refractivity contribution >= 4 is 6.09 Å². The molecule has 122 valence electrons. The first-order chi connectivity index (χ1) is 10.2. The monoisotopic (exact) mass is 307 g/mol. The first kappa shape index (κ1) is 16.6. The van der Waals surface area contributed by atoms with Gasteiger partial charge in [0.05, 0.1) is 12.6 Å². The van der Waals surface area contributed by atoms with E-state index in [1.165, 1.54) is 0 Å². The van der Waals surface area contributed by atoms with E-state index >= 15 is 0 Å². The van der Waals surface area contributed by atoms with E-state index in [1.807, 2.05) is 65.0 Å². The standard InChI is InChI=1S/C17H25NO4/c1-16(2,3)22-15(19)18-13(12-21-17(18,4)5)11-20-14-9-7-6-8-10-14/h6-10,13H,11-12H2,1-5H3/t13-/m0/s1. The van der Waals surface area contributed by atoms with Crippen LogP contribution in [0.3, 0.4) is 0 Å². The molecule has 1 heterocycles. The molecule has 1 saturated heterocycles. The summed E-state index contributed by atoms with van der Waals surface area (Å²) in [6, 6.07) is 9.36. The van der Waals surface area contributed by atoms with Crippen molar-refractivity contribution < 1.29 is 19.0 Å². The lowest BCUT2D eigenvalue weighted by molar-refractivity contribution is -0.0637. The number of carbonyl (C=O) groups is 1. The molecule has 1 atom stereocenters. The highest BCUT2D eigenvalue weighted by Gasteiger charge is 2.46. The van der Waals surface area contributed by atoms with E-state index in [0.29, 0.717) is 13.2 Å². The lowest BCUT2D eigenvalue weighted by Crippen LogP contribution is -2.51. The van der Waals surface area contributed by atoms with Crippen LogP contribution in [0.25, 0.3) is 0 Å². The van der Waals surface area contributed by atoms with Gasteiger partial charge in [-0.15, -0.1) is 0 Å². The molecular weight excluding hydrogens is 282 g/mol. The van der Waals surface area contributed by atoms with Crippen LogP contribution in [-0.4, -0.2) is 41.6 Å². The van der Waals surface area contributed by atoms with Crippen LogP contribution in [-0.2, 0) is 9.47 Å². The fourth-order valence-electron chi connectivity index (χ4n) is 2.40. The Morgan fingerprint density at radius 3 is 2.55 bits per heavy atom. The van der Waals surface area contributed by atoms with Gasteiger partial charge in [0.15, 0.2) is 0 Å². The van der Waals surface area contributed by atoms with Crippen molar-refractivity contribution in [2.45, 2.75) is 52.0 Å². The molecule has 1 fully saturated rings. The molecule has 0 radical (unpaired) electrons. The molecular formula is C17H25NO4.